The molecule has 1 aliphatic heterocycles. The molecule has 1 N–H and O–H groups in total. The van der Waals surface area contributed by atoms with Crippen LogP contribution in [0.5, 0.6) is 5.75 Å². The van der Waals surface area contributed by atoms with Crippen molar-refractivity contribution < 1.29 is 4.74 Å². The van der Waals surface area contributed by atoms with Crippen molar-refractivity contribution >= 4 is 16.5 Å². The molecule has 1 fully saturated rings. The van der Waals surface area contributed by atoms with Gasteiger partial charge in [0.1, 0.15) is 11.6 Å². The van der Waals surface area contributed by atoms with Gasteiger partial charge >= 0.3 is 0 Å². The highest BCUT2D eigenvalue weighted by Gasteiger charge is 2.16. The van der Waals surface area contributed by atoms with Crippen molar-refractivity contribution in [1.29, 1.82) is 0 Å². The Hall–Kier alpha value is -2.66. The predicted molar refractivity (Wildman–Crippen MR) is 101 cm³/mol. The minimum Gasteiger partial charge on any atom is -0.497 e. The van der Waals surface area contributed by atoms with Crippen molar-refractivity contribution in [2.75, 3.05) is 38.2 Å². The van der Waals surface area contributed by atoms with Crippen LogP contribution in [0, 0.1) is 6.92 Å². The monoisotopic (exact) mass is 334 g/mol. The summed E-state index contributed by atoms with van der Waals surface area (Å²) < 4.78 is 5.44. The zero-order valence-electron chi connectivity index (χ0n) is 14.6. The van der Waals surface area contributed by atoms with Crippen LogP contribution in [-0.2, 0) is 0 Å². The number of hydrogen-bond acceptors (Lipinski definition) is 5. The molecule has 0 unspecified atom stereocenters. The van der Waals surface area contributed by atoms with Crippen LogP contribution >= 0.6 is 0 Å². The van der Waals surface area contributed by atoms with Gasteiger partial charge in [-0.2, -0.15) is 0 Å². The Morgan fingerprint density at radius 3 is 2.68 bits per heavy atom. The third-order valence-electron chi connectivity index (χ3n) is 4.67. The topological polar surface area (TPSA) is 50.3 Å². The van der Waals surface area contributed by atoms with Gasteiger partial charge in [-0.25, -0.2) is 9.97 Å². The van der Waals surface area contributed by atoms with E-state index in [1.54, 1.807) is 7.11 Å². The second-order valence-electron chi connectivity index (χ2n) is 6.31. The number of anilines is 1. The number of rotatable bonds is 3. The van der Waals surface area contributed by atoms with Crippen LogP contribution in [0.3, 0.4) is 0 Å². The first kappa shape index (κ1) is 15.8. The van der Waals surface area contributed by atoms with Crippen molar-refractivity contribution in [3.8, 4) is 17.0 Å². The van der Waals surface area contributed by atoms with Crippen LogP contribution in [0.15, 0.2) is 42.6 Å². The van der Waals surface area contributed by atoms with Crippen LogP contribution in [0.2, 0.25) is 0 Å². The summed E-state index contributed by atoms with van der Waals surface area (Å²) in [6, 6.07) is 12.7. The fourth-order valence-corrected chi connectivity index (χ4v) is 3.38. The lowest BCUT2D eigenvalue weighted by Crippen LogP contribution is -2.43. The number of piperazine rings is 1. The molecule has 4 rings (SSSR count). The van der Waals surface area contributed by atoms with Gasteiger partial charge in [-0.1, -0.05) is 6.07 Å². The number of ether oxygens (including phenoxy) is 1. The summed E-state index contributed by atoms with van der Waals surface area (Å²) in [4.78, 5) is 11.3. The van der Waals surface area contributed by atoms with Crippen LogP contribution in [0.4, 0.5) is 5.69 Å². The summed E-state index contributed by atoms with van der Waals surface area (Å²) >= 11 is 0. The van der Waals surface area contributed by atoms with E-state index in [9.17, 15) is 0 Å². The average molecular weight is 334 g/mol. The molecule has 1 aliphatic rings. The highest BCUT2D eigenvalue weighted by atomic mass is 16.5. The molecule has 25 heavy (non-hydrogen) atoms. The van der Waals surface area contributed by atoms with Crippen LogP contribution in [0.1, 0.15) is 5.82 Å². The van der Waals surface area contributed by atoms with E-state index >= 15 is 0 Å². The Morgan fingerprint density at radius 1 is 1.08 bits per heavy atom. The molecule has 0 radical (unpaired) electrons. The first-order valence-corrected chi connectivity index (χ1v) is 8.62. The van der Waals surface area contributed by atoms with Crippen molar-refractivity contribution in [3.63, 3.8) is 0 Å². The van der Waals surface area contributed by atoms with Gasteiger partial charge in [-0.15, -0.1) is 0 Å². The van der Waals surface area contributed by atoms with E-state index in [2.05, 4.69) is 44.5 Å². The lowest BCUT2D eigenvalue weighted by Gasteiger charge is -2.31. The van der Waals surface area contributed by atoms with Gasteiger partial charge in [0.2, 0.25) is 0 Å². The third kappa shape index (κ3) is 3.15. The van der Waals surface area contributed by atoms with Gasteiger partial charge in [0.25, 0.3) is 0 Å². The summed E-state index contributed by atoms with van der Waals surface area (Å²) in [5.74, 6) is 1.67. The lowest BCUT2D eigenvalue weighted by atomic mass is 10.0. The number of methoxy groups -OCH3 is 1. The Balaban J connectivity index is 1.91. The largest absolute Gasteiger partial charge is 0.497 e. The van der Waals surface area contributed by atoms with E-state index < -0.39 is 0 Å². The zero-order chi connectivity index (χ0) is 17.2. The summed E-state index contributed by atoms with van der Waals surface area (Å²) in [7, 11) is 1.71. The highest BCUT2D eigenvalue weighted by Crippen LogP contribution is 2.35. The maximum absolute atomic E-state index is 5.44. The van der Waals surface area contributed by atoms with Gasteiger partial charge in [-0.3, -0.25) is 0 Å². The molecule has 3 aromatic rings. The van der Waals surface area contributed by atoms with Crippen LogP contribution in [0.25, 0.3) is 22.0 Å². The fourth-order valence-electron chi connectivity index (χ4n) is 3.38. The number of hydrogen-bond donors (Lipinski definition) is 1. The second kappa shape index (κ2) is 6.69. The molecule has 128 valence electrons. The van der Waals surface area contributed by atoms with Gasteiger partial charge in [0.15, 0.2) is 0 Å². The first-order chi connectivity index (χ1) is 12.2. The van der Waals surface area contributed by atoms with Gasteiger partial charge in [-0.05, 0) is 42.6 Å². The molecule has 5 nitrogen and oxygen atoms in total. The number of nitrogens with one attached hydrogen (secondary N) is 1. The van der Waals surface area contributed by atoms with Gasteiger partial charge in [0.05, 0.1) is 12.8 Å². The summed E-state index contributed by atoms with van der Waals surface area (Å²) in [6.07, 6.45) is 1.82. The SMILES string of the molecule is COc1ccc2cc(-c3ccnc(C)n3)cc(N3CCNCC3)c2c1. The second-order valence-corrected chi connectivity index (χ2v) is 6.31. The Morgan fingerprint density at radius 2 is 1.92 bits per heavy atom. The molecule has 0 saturated carbocycles. The molecule has 2 heterocycles. The summed E-state index contributed by atoms with van der Waals surface area (Å²) in [6.45, 7) is 5.92. The third-order valence-corrected chi connectivity index (χ3v) is 4.67. The molecule has 1 aromatic heterocycles. The minimum atomic E-state index is 0.788. The summed E-state index contributed by atoms with van der Waals surface area (Å²) in [5.41, 5.74) is 3.32. The Labute approximate surface area is 147 Å². The number of aromatic nitrogens is 2. The normalized spacial score (nSPS) is 14.7. The minimum absolute atomic E-state index is 0.788. The van der Waals surface area contributed by atoms with Crippen LogP contribution < -0.4 is 15.0 Å². The van der Waals surface area contributed by atoms with E-state index in [1.165, 1.54) is 16.5 Å². The maximum atomic E-state index is 5.44. The van der Waals surface area contributed by atoms with Crippen molar-refractivity contribution in [2.24, 2.45) is 0 Å². The summed E-state index contributed by atoms with van der Waals surface area (Å²) in [5, 5.41) is 5.84. The molecular formula is C20H22N4O. The fraction of sp³-hybridized carbons (Fsp3) is 0.300. The Bertz CT molecular complexity index is 903. The number of nitrogens with zero attached hydrogens (tertiary/aromatic N) is 3. The van der Waals surface area contributed by atoms with Gasteiger partial charge in [0, 0.05) is 49.0 Å². The standard InChI is InChI=1S/C20H22N4O/c1-14-22-6-5-19(23-14)16-11-15-3-4-17(25-2)13-18(15)20(12-16)24-9-7-21-8-10-24/h3-6,11-13,21H,7-10H2,1-2H3. The maximum Gasteiger partial charge on any atom is 0.125 e. The van der Waals surface area contributed by atoms with E-state index in [1.807, 2.05) is 25.3 Å². The lowest BCUT2D eigenvalue weighted by molar-refractivity contribution is 0.415. The molecule has 5 heteroatoms. The van der Waals surface area contributed by atoms with Crippen molar-refractivity contribution in [1.82, 2.24) is 15.3 Å². The first-order valence-electron chi connectivity index (χ1n) is 8.62. The van der Waals surface area contributed by atoms with Crippen molar-refractivity contribution in [3.05, 3.63) is 48.4 Å². The van der Waals surface area contributed by atoms with E-state index in [4.69, 9.17) is 4.74 Å². The molecule has 0 spiro atoms. The molecule has 1 saturated heterocycles. The highest BCUT2D eigenvalue weighted by molar-refractivity contribution is 5.98. The average Bonchev–Trinajstić information content (AvgIpc) is 2.67. The molecule has 0 bridgehead atoms. The van der Waals surface area contributed by atoms with Crippen molar-refractivity contribution in [2.45, 2.75) is 6.92 Å². The predicted octanol–water partition coefficient (Wildman–Crippen LogP) is 3.02. The molecule has 0 amide bonds. The van der Waals surface area contributed by atoms with Crippen LogP contribution in [-0.4, -0.2) is 43.3 Å². The molecule has 2 aromatic carbocycles. The zero-order valence-corrected chi connectivity index (χ0v) is 14.6. The molecule has 0 aliphatic carbocycles. The number of benzene rings is 2. The van der Waals surface area contributed by atoms with Gasteiger partial charge < -0.3 is 15.0 Å². The quantitative estimate of drug-likeness (QED) is 0.798. The molecule has 0 atom stereocenters. The Kier molecular flexibility index (Phi) is 4.24. The van der Waals surface area contributed by atoms with E-state index in [0.717, 1.165) is 49.0 Å². The number of aryl methyl sites for hydroxylation is 1. The van der Waals surface area contributed by atoms with E-state index in [0.29, 0.717) is 0 Å². The number of fused-ring (bicyclic) bond motifs is 1. The smallest absolute Gasteiger partial charge is 0.125 e. The van der Waals surface area contributed by atoms with E-state index in [-0.39, 0.29) is 0 Å². The molecular weight excluding hydrogens is 312 g/mol.